The lowest BCUT2D eigenvalue weighted by Crippen LogP contribution is -2.59. The molecule has 2 N–H and O–H groups in total. The van der Waals surface area contributed by atoms with Crippen molar-refractivity contribution in [1.82, 2.24) is 10.6 Å². The average Bonchev–Trinajstić information content (AvgIpc) is 3.62. The second-order valence-electron chi connectivity index (χ2n) is 13.7. The fraction of sp³-hybridized carbons (Fsp3) is 0.839. The first-order valence-corrected chi connectivity index (χ1v) is 15.5. The molecule has 11 atom stereocenters. The summed E-state index contributed by atoms with van der Waals surface area (Å²) in [4.78, 5) is 40.1. The minimum Gasteiger partial charge on any atom is -0.469 e. The summed E-state index contributed by atoms with van der Waals surface area (Å²) in [6.45, 7) is 16.0. The van der Waals surface area contributed by atoms with Crippen molar-refractivity contribution in [3.8, 4) is 0 Å². The van der Waals surface area contributed by atoms with Crippen molar-refractivity contribution in [1.29, 1.82) is 0 Å². The molecule has 0 unspecified atom stereocenters. The Bertz CT molecular complexity index is 1120. The Morgan fingerprint density at radius 1 is 0.848 bits per heavy atom. The van der Waals surface area contributed by atoms with Gasteiger partial charge in [-0.05, 0) is 54.9 Å². The summed E-state index contributed by atoms with van der Waals surface area (Å²) < 4.78 is 58.4. The predicted octanol–water partition coefficient (Wildman–Crippen LogP) is 1.90. The molecule has 0 aromatic carbocycles. The van der Waals surface area contributed by atoms with Crippen LogP contribution in [0.4, 0.5) is 4.79 Å². The highest BCUT2D eigenvalue weighted by atomic mass is 16.9. The van der Waals surface area contributed by atoms with Crippen molar-refractivity contribution in [3.63, 3.8) is 0 Å². The lowest BCUT2D eigenvalue weighted by molar-refractivity contribution is -0.222. The number of methoxy groups -OCH3 is 3. The van der Waals surface area contributed by atoms with Gasteiger partial charge in [0.15, 0.2) is 24.2 Å². The summed E-state index contributed by atoms with van der Waals surface area (Å²) >= 11 is 0. The third-order valence-electron chi connectivity index (χ3n) is 8.16. The molecular weight excluding hydrogens is 608 g/mol. The highest BCUT2D eigenvalue weighted by molar-refractivity contribution is 5.82. The SMILES string of the molecule is C=CC[C@H](C(=O)N[C@@H](CC(=O)OC)[C@H]1O[C@@H]2OC(C)(C)O[C@@H]2[C@H]1OC)[C@H](NC(=O)OC(C)(C)C)[C@H]1O[C@@H]2OC(C)(C)O[C@@H]2[C@H]1OC. The molecule has 2 amide bonds. The van der Waals surface area contributed by atoms with Crippen molar-refractivity contribution in [2.45, 2.75) is 140 Å². The van der Waals surface area contributed by atoms with Crippen LogP contribution in [0.1, 0.15) is 61.3 Å². The quantitative estimate of drug-likeness (QED) is 0.231. The van der Waals surface area contributed by atoms with Gasteiger partial charge in [0.05, 0.1) is 31.5 Å². The summed E-state index contributed by atoms with van der Waals surface area (Å²) in [6.07, 6.45) is -5.39. The van der Waals surface area contributed by atoms with Gasteiger partial charge in [-0.25, -0.2) is 4.79 Å². The number of hydrogen-bond donors (Lipinski definition) is 2. The molecule has 15 nitrogen and oxygen atoms in total. The van der Waals surface area contributed by atoms with Gasteiger partial charge in [-0.15, -0.1) is 6.58 Å². The number of carbonyl (C=O) groups excluding carboxylic acids is 3. The second kappa shape index (κ2) is 14.0. The van der Waals surface area contributed by atoms with Gasteiger partial charge in [-0.2, -0.15) is 0 Å². The van der Waals surface area contributed by atoms with E-state index in [2.05, 4.69) is 17.2 Å². The number of amides is 2. The van der Waals surface area contributed by atoms with Crippen molar-refractivity contribution >= 4 is 18.0 Å². The fourth-order valence-electron chi connectivity index (χ4n) is 6.41. The number of alkyl carbamates (subject to hydrolysis) is 1. The van der Waals surface area contributed by atoms with E-state index in [4.69, 9.17) is 47.4 Å². The summed E-state index contributed by atoms with van der Waals surface area (Å²) in [7, 11) is 4.23. The largest absolute Gasteiger partial charge is 0.469 e. The third kappa shape index (κ3) is 8.19. The maximum atomic E-state index is 14.3. The Morgan fingerprint density at radius 3 is 1.85 bits per heavy atom. The van der Waals surface area contributed by atoms with Gasteiger partial charge in [-0.3, -0.25) is 9.59 Å². The van der Waals surface area contributed by atoms with Crippen molar-refractivity contribution in [2.75, 3.05) is 21.3 Å². The number of carbonyl (C=O) groups is 3. The first kappa shape index (κ1) is 36.5. The highest BCUT2D eigenvalue weighted by Crippen LogP contribution is 2.42. The number of hydrogen-bond acceptors (Lipinski definition) is 13. The Balaban J connectivity index is 1.64. The van der Waals surface area contributed by atoms with E-state index in [-0.39, 0.29) is 12.8 Å². The predicted molar refractivity (Wildman–Crippen MR) is 159 cm³/mol. The minimum absolute atomic E-state index is 0.0982. The van der Waals surface area contributed by atoms with E-state index in [1.54, 1.807) is 54.5 Å². The first-order chi connectivity index (χ1) is 21.4. The molecule has 4 fully saturated rings. The van der Waals surface area contributed by atoms with Gasteiger partial charge in [0, 0.05) is 14.2 Å². The number of esters is 1. The molecule has 4 rings (SSSR count). The van der Waals surface area contributed by atoms with Crippen LogP contribution in [0.2, 0.25) is 0 Å². The molecular formula is C31H50N2O13. The monoisotopic (exact) mass is 658 g/mol. The minimum atomic E-state index is -1.02. The lowest BCUT2D eigenvalue weighted by Gasteiger charge is -2.36. The van der Waals surface area contributed by atoms with Crippen molar-refractivity contribution in [2.24, 2.45) is 5.92 Å². The molecule has 0 bridgehead atoms. The smallest absolute Gasteiger partial charge is 0.407 e. The number of ether oxygens (including phenoxy) is 10. The van der Waals surface area contributed by atoms with Crippen LogP contribution in [0.15, 0.2) is 12.7 Å². The summed E-state index contributed by atoms with van der Waals surface area (Å²) in [5.74, 6) is -3.95. The van der Waals surface area contributed by atoms with E-state index in [0.717, 1.165) is 0 Å². The van der Waals surface area contributed by atoms with Gasteiger partial charge in [-0.1, -0.05) is 6.08 Å². The molecule has 4 heterocycles. The van der Waals surface area contributed by atoms with E-state index in [1.807, 2.05) is 0 Å². The molecule has 0 aromatic rings. The Morgan fingerprint density at radius 2 is 1.37 bits per heavy atom. The van der Waals surface area contributed by atoms with Crippen LogP contribution in [-0.2, 0) is 57.0 Å². The molecule has 0 saturated carbocycles. The molecule has 46 heavy (non-hydrogen) atoms. The number of nitrogens with one attached hydrogen (secondary N) is 2. The molecule has 0 aliphatic carbocycles. The van der Waals surface area contributed by atoms with E-state index < -0.39 is 102 Å². The van der Waals surface area contributed by atoms with Crippen molar-refractivity contribution < 1.29 is 61.8 Å². The highest BCUT2D eigenvalue weighted by Gasteiger charge is 2.60. The molecule has 0 radical (unpaired) electrons. The van der Waals surface area contributed by atoms with Crippen molar-refractivity contribution in [3.05, 3.63) is 12.7 Å². The number of fused-ring (bicyclic) bond motifs is 2. The number of allylic oxidation sites excluding steroid dienone is 1. The molecule has 15 heteroatoms. The van der Waals surface area contributed by atoms with E-state index in [0.29, 0.717) is 0 Å². The van der Waals surface area contributed by atoms with Crippen LogP contribution in [0, 0.1) is 5.92 Å². The zero-order valence-corrected chi connectivity index (χ0v) is 28.4. The fourth-order valence-corrected chi connectivity index (χ4v) is 6.41. The van der Waals surface area contributed by atoms with Gasteiger partial charge in [0.2, 0.25) is 5.91 Å². The van der Waals surface area contributed by atoms with Gasteiger partial charge < -0.3 is 58.0 Å². The van der Waals surface area contributed by atoms with Gasteiger partial charge in [0.25, 0.3) is 0 Å². The maximum Gasteiger partial charge on any atom is 0.407 e. The molecule has 262 valence electrons. The zero-order valence-electron chi connectivity index (χ0n) is 28.4. The summed E-state index contributed by atoms with van der Waals surface area (Å²) in [5.41, 5.74) is -0.827. The van der Waals surface area contributed by atoms with Gasteiger partial charge in [0.1, 0.15) is 42.2 Å². The third-order valence-corrected chi connectivity index (χ3v) is 8.16. The first-order valence-electron chi connectivity index (χ1n) is 15.5. The summed E-state index contributed by atoms with van der Waals surface area (Å²) in [5, 5.41) is 5.79. The Hall–Kier alpha value is -2.37. The average molecular weight is 659 g/mol. The number of rotatable bonds is 12. The standard InChI is InChI=1S/C31H50N2O13/c1-12-13-15(18(33-28(36)46-29(2,3)4)20-22(39-11)24-27(41-20)45-31(7,8)43-24)25(35)32-16(14-17(34)37-9)19-21(38-10)23-26(40-19)44-30(5,6)42-23/h12,15-16,18-24,26-27H,1,13-14H2,2-11H3,(H,32,35)(H,33,36)/t15-,16-,18-,19+,20+,21-,22-,23+,24+,26+,27+/m0/s1. The molecule has 4 saturated heterocycles. The topological polar surface area (TPSA) is 168 Å². The zero-order chi connectivity index (χ0) is 34.2. The molecule has 4 aliphatic heterocycles. The van der Waals surface area contributed by atoms with Crippen LogP contribution >= 0.6 is 0 Å². The van der Waals surface area contributed by atoms with E-state index >= 15 is 0 Å². The van der Waals surface area contributed by atoms with Crippen LogP contribution in [0.25, 0.3) is 0 Å². The van der Waals surface area contributed by atoms with Crippen LogP contribution in [-0.4, -0.2) is 118 Å². The van der Waals surface area contributed by atoms with Crippen LogP contribution in [0.3, 0.4) is 0 Å². The van der Waals surface area contributed by atoms with E-state index in [9.17, 15) is 14.4 Å². The molecule has 0 spiro atoms. The Labute approximate surface area is 270 Å². The summed E-state index contributed by atoms with van der Waals surface area (Å²) in [6, 6.07) is -1.96. The van der Waals surface area contributed by atoms with Crippen LogP contribution < -0.4 is 10.6 Å². The molecule has 0 aromatic heterocycles. The van der Waals surface area contributed by atoms with Gasteiger partial charge >= 0.3 is 12.1 Å². The Kier molecular flexibility index (Phi) is 11.1. The molecule has 4 aliphatic rings. The lowest BCUT2D eigenvalue weighted by atomic mass is 9.87. The van der Waals surface area contributed by atoms with E-state index in [1.165, 1.54) is 21.3 Å². The van der Waals surface area contributed by atoms with Crippen LogP contribution in [0.5, 0.6) is 0 Å². The normalized spacial score (nSPS) is 34.6. The maximum absolute atomic E-state index is 14.3. The second-order valence-corrected chi connectivity index (χ2v) is 13.7.